The molecule has 6 heteroatoms. The zero-order valence-electron chi connectivity index (χ0n) is 15.6. The van der Waals surface area contributed by atoms with Crippen LogP contribution in [0, 0.1) is 18.3 Å². The minimum atomic E-state index is -0.150. The van der Waals surface area contributed by atoms with Crippen LogP contribution < -0.4 is 10.6 Å². The molecule has 0 spiro atoms. The van der Waals surface area contributed by atoms with Crippen molar-refractivity contribution < 1.29 is 9.59 Å². The molecule has 0 radical (unpaired) electrons. The summed E-state index contributed by atoms with van der Waals surface area (Å²) in [6.07, 6.45) is 6.38. The highest BCUT2D eigenvalue weighted by molar-refractivity contribution is 7.13. The number of carbonyl (C=O) groups is 2. The van der Waals surface area contributed by atoms with Gasteiger partial charge in [0, 0.05) is 30.6 Å². The molecule has 2 aliphatic heterocycles. The molecule has 5 nitrogen and oxygen atoms in total. The maximum Gasteiger partial charge on any atom is 0.261 e. The van der Waals surface area contributed by atoms with Gasteiger partial charge in [-0.15, -0.1) is 11.3 Å². The molecule has 26 heavy (non-hydrogen) atoms. The zero-order chi connectivity index (χ0) is 18.1. The molecule has 2 atom stereocenters. The predicted octanol–water partition coefficient (Wildman–Crippen LogP) is 2.56. The molecule has 0 unspecified atom stereocenters. The molecule has 3 aliphatic rings. The Kier molecular flexibility index (Phi) is 5.06. The van der Waals surface area contributed by atoms with Gasteiger partial charge in [-0.05, 0) is 57.2 Å². The number of thiophene rings is 1. The van der Waals surface area contributed by atoms with Crippen molar-refractivity contribution in [3.63, 3.8) is 0 Å². The number of amides is 2. The molecule has 1 aromatic rings. The van der Waals surface area contributed by atoms with Gasteiger partial charge in [0.05, 0.1) is 10.3 Å². The topological polar surface area (TPSA) is 61.4 Å². The van der Waals surface area contributed by atoms with Crippen molar-refractivity contribution in [3.05, 3.63) is 21.9 Å². The van der Waals surface area contributed by atoms with Crippen LogP contribution in [0.25, 0.3) is 0 Å². The number of hydrogen-bond acceptors (Lipinski definition) is 4. The Hall–Kier alpha value is -1.40. The molecule has 4 rings (SSSR count). The van der Waals surface area contributed by atoms with Gasteiger partial charge in [0.2, 0.25) is 5.91 Å². The number of nitrogens with zero attached hydrogens (tertiary/aromatic N) is 1. The Morgan fingerprint density at radius 2 is 2.04 bits per heavy atom. The third-order valence-electron chi connectivity index (χ3n) is 6.55. The van der Waals surface area contributed by atoms with Gasteiger partial charge in [-0.25, -0.2) is 0 Å². The van der Waals surface area contributed by atoms with Gasteiger partial charge in [-0.2, -0.15) is 0 Å². The normalized spacial score (nSPS) is 29.4. The Balaban J connectivity index is 1.33. The lowest BCUT2D eigenvalue weighted by Crippen LogP contribution is -2.54. The average Bonchev–Trinajstić information content (AvgIpc) is 3.28. The van der Waals surface area contributed by atoms with E-state index >= 15 is 0 Å². The van der Waals surface area contributed by atoms with Crippen LogP contribution in [0.1, 0.15) is 53.1 Å². The van der Waals surface area contributed by atoms with Gasteiger partial charge in [0.15, 0.2) is 0 Å². The summed E-state index contributed by atoms with van der Waals surface area (Å²) in [5.74, 6) is 0.910. The number of fused-ring (bicyclic) bond motifs is 1. The van der Waals surface area contributed by atoms with Crippen LogP contribution in [0.3, 0.4) is 0 Å². The molecule has 2 amide bonds. The summed E-state index contributed by atoms with van der Waals surface area (Å²) in [5.41, 5.74) is -0.150. The lowest BCUT2D eigenvalue weighted by Gasteiger charge is -2.43. The first-order valence-electron chi connectivity index (χ1n) is 9.96. The minimum absolute atomic E-state index is 0.0267. The molecular formula is C20H29N3O2S. The van der Waals surface area contributed by atoms with E-state index in [9.17, 15) is 9.59 Å². The van der Waals surface area contributed by atoms with Crippen molar-refractivity contribution in [3.8, 4) is 0 Å². The Bertz CT molecular complexity index is 680. The quantitative estimate of drug-likeness (QED) is 0.854. The van der Waals surface area contributed by atoms with Crippen LogP contribution in [-0.2, 0) is 4.79 Å². The SMILES string of the molecule is Cc1ccc(C(=O)NC2CCN(C(=O)[C@@]34CCCC[C@H]3CNC4)CC2)s1. The summed E-state index contributed by atoms with van der Waals surface area (Å²) >= 11 is 1.53. The van der Waals surface area contributed by atoms with Gasteiger partial charge < -0.3 is 15.5 Å². The first kappa shape index (κ1) is 18.0. The summed E-state index contributed by atoms with van der Waals surface area (Å²) in [5, 5.41) is 6.63. The Labute approximate surface area is 159 Å². The number of nitrogens with one attached hydrogen (secondary N) is 2. The van der Waals surface area contributed by atoms with Gasteiger partial charge in [-0.3, -0.25) is 9.59 Å². The summed E-state index contributed by atoms with van der Waals surface area (Å²) < 4.78 is 0. The fourth-order valence-corrected chi connectivity index (χ4v) is 5.79. The van der Waals surface area contributed by atoms with E-state index in [1.807, 2.05) is 19.1 Å². The highest BCUT2D eigenvalue weighted by Crippen LogP contribution is 2.45. The first-order chi connectivity index (χ1) is 12.6. The molecule has 142 valence electrons. The van der Waals surface area contributed by atoms with E-state index < -0.39 is 0 Å². The molecule has 2 saturated heterocycles. The molecule has 3 fully saturated rings. The van der Waals surface area contributed by atoms with Crippen LogP contribution >= 0.6 is 11.3 Å². The Morgan fingerprint density at radius 3 is 2.77 bits per heavy atom. The van der Waals surface area contributed by atoms with Crippen molar-refractivity contribution in [2.75, 3.05) is 26.2 Å². The van der Waals surface area contributed by atoms with Crippen molar-refractivity contribution in [2.45, 2.75) is 51.5 Å². The van der Waals surface area contributed by atoms with Crippen molar-refractivity contribution in [2.24, 2.45) is 11.3 Å². The molecule has 2 N–H and O–H groups in total. The van der Waals surface area contributed by atoms with Crippen LogP contribution in [0.5, 0.6) is 0 Å². The van der Waals surface area contributed by atoms with Crippen LogP contribution in [0.4, 0.5) is 0 Å². The molecule has 0 bridgehead atoms. The first-order valence-corrected chi connectivity index (χ1v) is 10.8. The van der Waals surface area contributed by atoms with Gasteiger partial charge in [-0.1, -0.05) is 12.8 Å². The summed E-state index contributed by atoms with van der Waals surface area (Å²) in [4.78, 5) is 29.7. The van der Waals surface area contributed by atoms with Crippen molar-refractivity contribution in [1.29, 1.82) is 0 Å². The molecule has 1 saturated carbocycles. The maximum atomic E-state index is 13.3. The number of piperidine rings is 1. The lowest BCUT2D eigenvalue weighted by atomic mass is 9.67. The van der Waals surface area contributed by atoms with Gasteiger partial charge in [0.25, 0.3) is 5.91 Å². The van der Waals surface area contributed by atoms with Crippen LogP contribution in [-0.4, -0.2) is 48.9 Å². The standard InChI is InChI=1S/C20H29N3O2S/c1-14-5-6-17(26-14)18(24)22-16-7-10-23(11-8-16)19(25)20-9-3-2-4-15(20)12-21-13-20/h5-6,15-16,21H,2-4,7-13H2,1H3,(H,22,24)/t15-,20+/m0/s1. The largest absolute Gasteiger partial charge is 0.348 e. The van der Waals surface area contributed by atoms with E-state index in [0.717, 1.165) is 55.2 Å². The second-order valence-electron chi connectivity index (χ2n) is 8.18. The highest BCUT2D eigenvalue weighted by atomic mass is 32.1. The van der Waals surface area contributed by atoms with Crippen molar-refractivity contribution in [1.82, 2.24) is 15.5 Å². The number of aryl methyl sites for hydroxylation is 1. The number of likely N-dealkylation sites (tertiary alicyclic amines) is 1. The van der Waals surface area contributed by atoms with Crippen LogP contribution in [0.2, 0.25) is 0 Å². The van der Waals surface area contributed by atoms with Gasteiger partial charge >= 0.3 is 0 Å². The van der Waals surface area contributed by atoms with E-state index in [1.165, 1.54) is 30.6 Å². The molecular weight excluding hydrogens is 346 g/mol. The predicted molar refractivity (Wildman–Crippen MR) is 103 cm³/mol. The van der Waals surface area contributed by atoms with E-state index in [0.29, 0.717) is 11.8 Å². The third-order valence-corrected chi connectivity index (χ3v) is 7.55. The zero-order valence-corrected chi connectivity index (χ0v) is 16.4. The minimum Gasteiger partial charge on any atom is -0.348 e. The van der Waals surface area contributed by atoms with Gasteiger partial charge in [0.1, 0.15) is 0 Å². The van der Waals surface area contributed by atoms with E-state index in [1.54, 1.807) is 0 Å². The van der Waals surface area contributed by atoms with Crippen molar-refractivity contribution >= 4 is 23.2 Å². The number of carbonyl (C=O) groups excluding carboxylic acids is 2. The van der Waals surface area contributed by atoms with E-state index in [-0.39, 0.29) is 17.4 Å². The second kappa shape index (κ2) is 7.31. The second-order valence-corrected chi connectivity index (χ2v) is 9.47. The van der Waals surface area contributed by atoms with E-state index in [4.69, 9.17) is 0 Å². The Morgan fingerprint density at radius 1 is 1.23 bits per heavy atom. The number of rotatable bonds is 3. The third kappa shape index (κ3) is 3.29. The molecule has 1 aliphatic carbocycles. The van der Waals surface area contributed by atoms with E-state index in [2.05, 4.69) is 15.5 Å². The average molecular weight is 376 g/mol. The fraction of sp³-hybridized carbons (Fsp3) is 0.700. The number of hydrogen-bond donors (Lipinski definition) is 2. The maximum absolute atomic E-state index is 13.3. The molecule has 0 aromatic carbocycles. The molecule has 3 heterocycles. The summed E-state index contributed by atoms with van der Waals surface area (Å²) in [6.45, 7) is 5.40. The van der Waals surface area contributed by atoms with Crippen LogP contribution in [0.15, 0.2) is 12.1 Å². The summed E-state index contributed by atoms with van der Waals surface area (Å²) in [7, 11) is 0. The smallest absolute Gasteiger partial charge is 0.261 e. The summed E-state index contributed by atoms with van der Waals surface area (Å²) in [6, 6.07) is 4.05. The monoisotopic (exact) mass is 375 g/mol. The fourth-order valence-electron chi connectivity index (χ4n) is 5.02. The molecule has 1 aromatic heterocycles. The highest BCUT2D eigenvalue weighted by Gasteiger charge is 2.51. The lowest BCUT2D eigenvalue weighted by molar-refractivity contribution is -0.146.